The van der Waals surface area contributed by atoms with Gasteiger partial charge in [-0.3, -0.25) is 4.79 Å². The Hall–Kier alpha value is -3.38. The van der Waals surface area contributed by atoms with Crippen LogP contribution in [0.25, 0.3) is 0 Å². The molecule has 1 aliphatic heterocycles. The van der Waals surface area contributed by atoms with Gasteiger partial charge in [-0.25, -0.2) is 4.98 Å². The molecule has 0 fully saturated rings. The molecule has 6 heteroatoms. The number of carbonyl (C=O) groups excluding carboxylic acids is 1. The first kappa shape index (κ1) is 20.5. The Bertz CT molecular complexity index is 1200. The van der Waals surface area contributed by atoms with Crippen LogP contribution < -0.4 is 4.74 Å². The third-order valence-corrected chi connectivity index (χ3v) is 6.66. The number of nitrogens with zero attached hydrogens (tertiary/aromatic N) is 3. The molecule has 1 unspecified atom stereocenters. The second kappa shape index (κ2) is 9.01. The van der Waals surface area contributed by atoms with Crippen molar-refractivity contribution in [2.75, 3.05) is 6.54 Å². The maximum absolute atomic E-state index is 13.4. The number of benzene rings is 2. The summed E-state index contributed by atoms with van der Waals surface area (Å²) in [6.45, 7) is 3.96. The fraction of sp³-hybridized carbons (Fsp3) is 0.231. The maximum Gasteiger partial charge on any atom is 0.229 e. The fourth-order valence-electron chi connectivity index (χ4n) is 4.17. The van der Waals surface area contributed by atoms with Gasteiger partial charge in [0.2, 0.25) is 5.91 Å². The summed E-state index contributed by atoms with van der Waals surface area (Å²) >= 11 is 1.54. The van der Waals surface area contributed by atoms with Crippen LogP contribution in [0.4, 0.5) is 0 Å². The highest BCUT2D eigenvalue weighted by Crippen LogP contribution is 2.32. The van der Waals surface area contributed by atoms with Crippen LogP contribution in [-0.4, -0.2) is 26.9 Å². The van der Waals surface area contributed by atoms with E-state index in [1.807, 2.05) is 52.7 Å². The molecule has 0 saturated carbocycles. The second-order valence-electron chi connectivity index (χ2n) is 8.04. The minimum absolute atomic E-state index is 0.0737. The van der Waals surface area contributed by atoms with Crippen molar-refractivity contribution >= 4 is 17.2 Å². The molecule has 0 N–H and O–H groups in total. The number of hydrogen-bond acceptors (Lipinski definition) is 4. The van der Waals surface area contributed by atoms with Gasteiger partial charge in [-0.15, -0.1) is 11.3 Å². The molecular formula is C26H25N3O2S. The highest BCUT2D eigenvalue weighted by Gasteiger charge is 2.32. The van der Waals surface area contributed by atoms with E-state index in [0.717, 1.165) is 34.3 Å². The summed E-state index contributed by atoms with van der Waals surface area (Å²) in [4.78, 5) is 20.0. The first-order chi connectivity index (χ1) is 15.7. The number of ether oxygens (including phenoxy) is 1. The highest BCUT2D eigenvalue weighted by molar-refractivity contribution is 7.09. The van der Waals surface area contributed by atoms with Gasteiger partial charge < -0.3 is 14.2 Å². The van der Waals surface area contributed by atoms with Gasteiger partial charge in [0.15, 0.2) is 0 Å². The molecular weight excluding hydrogens is 418 g/mol. The van der Waals surface area contributed by atoms with E-state index in [1.54, 1.807) is 0 Å². The molecule has 0 radical (unpaired) electrons. The first-order valence-electron chi connectivity index (χ1n) is 10.8. The summed E-state index contributed by atoms with van der Waals surface area (Å²) in [5.74, 6) is 0.924. The molecule has 2 aromatic carbocycles. The van der Waals surface area contributed by atoms with E-state index in [-0.39, 0.29) is 11.9 Å². The van der Waals surface area contributed by atoms with Crippen molar-refractivity contribution in [2.24, 2.45) is 0 Å². The predicted octanol–water partition coefficient (Wildman–Crippen LogP) is 5.01. The molecule has 3 heterocycles. The summed E-state index contributed by atoms with van der Waals surface area (Å²) < 4.78 is 8.08. The normalized spacial score (nSPS) is 15.4. The van der Waals surface area contributed by atoms with E-state index in [9.17, 15) is 4.79 Å². The quantitative estimate of drug-likeness (QED) is 0.421. The number of thiazole rings is 1. The summed E-state index contributed by atoms with van der Waals surface area (Å²) in [6.07, 6.45) is 2.39. The van der Waals surface area contributed by atoms with Gasteiger partial charge in [0.05, 0.1) is 18.2 Å². The number of amides is 1. The predicted molar refractivity (Wildman–Crippen MR) is 126 cm³/mol. The molecule has 0 aliphatic carbocycles. The minimum atomic E-state index is -0.0737. The number of rotatable bonds is 6. The number of hydrogen-bond donors (Lipinski definition) is 0. The lowest BCUT2D eigenvalue weighted by Gasteiger charge is -2.37. The van der Waals surface area contributed by atoms with Gasteiger partial charge in [0.1, 0.15) is 17.4 Å². The summed E-state index contributed by atoms with van der Waals surface area (Å²) in [7, 11) is 0. The lowest BCUT2D eigenvalue weighted by molar-refractivity contribution is -0.133. The van der Waals surface area contributed by atoms with Crippen molar-refractivity contribution in [1.29, 1.82) is 0 Å². The van der Waals surface area contributed by atoms with E-state index in [2.05, 4.69) is 46.9 Å². The average Bonchev–Trinajstić information content (AvgIpc) is 3.48. The third kappa shape index (κ3) is 4.32. The zero-order chi connectivity index (χ0) is 21.9. The van der Waals surface area contributed by atoms with Crippen molar-refractivity contribution < 1.29 is 9.53 Å². The highest BCUT2D eigenvalue weighted by atomic mass is 32.1. The van der Waals surface area contributed by atoms with Gasteiger partial charge in [-0.1, -0.05) is 48.0 Å². The van der Waals surface area contributed by atoms with Crippen LogP contribution in [0.5, 0.6) is 5.75 Å². The van der Waals surface area contributed by atoms with Crippen molar-refractivity contribution in [1.82, 2.24) is 14.5 Å². The summed E-state index contributed by atoms with van der Waals surface area (Å²) in [5, 5.41) is 2.84. The van der Waals surface area contributed by atoms with Crippen molar-refractivity contribution in [2.45, 2.75) is 32.5 Å². The fourth-order valence-corrected chi connectivity index (χ4v) is 4.88. The Balaban J connectivity index is 1.28. The molecule has 1 atom stereocenters. The molecule has 162 valence electrons. The number of aryl methyl sites for hydroxylation is 1. The van der Waals surface area contributed by atoms with Crippen molar-refractivity contribution in [3.05, 3.63) is 106 Å². The Kier molecular flexibility index (Phi) is 5.77. The molecule has 2 aromatic heterocycles. The Morgan fingerprint density at radius 1 is 1.06 bits per heavy atom. The van der Waals surface area contributed by atoms with Gasteiger partial charge in [0, 0.05) is 30.4 Å². The van der Waals surface area contributed by atoms with Crippen molar-refractivity contribution in [3.63, 3.8) is 0 Å². The Labute approximate surface area is 191 Å². The topological polar surface area (TPSA) is 47.4 Å². The standard InChI is InChI=1S/C26H25N3O2S/c1-19-9-11-22(12-10-19)31-17-24-27-21(18-32-24)16-25(30)29-15-14-28-13-5-8-23(28)26(29)20-6-3-2-4-7-20/h2-13,18,26H,14-17H2,1H3. The van der Waals surface area contributed by atoms with Gasteiger partial charge in [-0.05, 0) is 36.8 Å². The zero-order valence-corrected chi connectivity index (χ0v) is 18.8. The van der Waals surface area contributed by atoms with Crippen molar-refractivity contribution in [3.8, 4) is 5.75 Å². The van der Waals surface area contributed by atoms with Crippen LogP contribution in [0.1, 0.15) is 33.6 Å². The summed E-state index contributed by atoms with van der Waals surface area (Å²) in [6, 6.07) is 22.3. The second-order valence-corrected chi connectivity index (χ2v) is 8.98. The van der Waals surface area contributed by atoms with E-state index in [4.69, 9.17) is 4.74 Å². The monoisotopic (exact) mass is 443 g/mol. The van der Waals surface area contributed by atoms with Gasteiger partial charge >= 0.3 is 0 Å². The Morgan fingerprint density at radius 2 is 1.88 bits per heavy atom. The van der Waals surface area contributed by atoms with Crippen LogP contribution in [0.2, 0.25) is 0 Å². The lowest BCUT2D eigenvalue weighted by Crippen LogP contribution is -2.43. The zero-order valence-electron chi connectivity index (χ0n) is 18.0. The van der Waals surface area contributed by atoms with Crippen LogP contribution in [0, 0.1) is 6.92 Å². The minimum Gasteiger partial charge on any atom is -0.486 e. The van der Waals surface area contributed by atoms with Crippen LogP contribution >= 0.6 is 11.3 Å². The summed E-state index contributed by atoms with van der Waals surface area (Å²) in [5.41, 5.74) is 4.29. The van der Waals surface area contributed by atoms with Gasteiger partial charge in [0.25, 0.3) is 0 Å². The van der Waals surface area contributed by atoms with Crippen LogP contribution in [0.15, 0.2) is 78.3 Å². The first-order valence-corrected chi connectivity index (χ1v) is 11.7. The van der Waals surface area contributed by atoms with E-state index in [0.29, 0.717) is 19.6 Å². The number of carbonyl (C=O) groups is 1. The number of aromatic nitrogens is 2. The maximum atomic E-state index is 13.4. The smallest absolute Gasteiger partial charge is 0.229 e. The molecule has 0 bridgehead atoms. The molecule has 4 aromatic rings. The molecule has 1 amide bonds. The molecule has 32 heavy (non-hydrogen) atoms. The molecule has 0 saturated heterocycles. The SMILES string of the molecule is Cc1ccc(OCc2nc(CC(=O)N3CCn4cccc4C3c3ccccc3)cs2)cc1. The van der Waals surface area contributed by atoms with E-state index >= 15 is 0 Å². The lowest BCUT2D eigenvalue weighted by atomic mass is 9.99. The molecule has 5 rings (SSSR count). The number of fused-ring (bicyclic) bond motifs is 1. The van der Waals surface area contributed by atoms with Crippen LogP contribution in [0.3, 0.4) is 0 Å². The average molecular weight is 444 g/mol. The molecule has 1 aliphatic rings. The van der Waals surface area contributed by atoms with E-state index in [1.165, 1.54) is 16.9 Å². The van der Waals surface area contributed by atoms with Gasteiger partial charge in [-0.2, -0.15) is 0 Å². The molecule has 5 nitrogen and oxygen atoms in total. The Morgan fingerprint density at radius 3 is 2.69 bits per heavy atom. The third-order valence-electron chi connectivity index (χ3n) is 5.79. The molecule has 0 spiro atoms. The largest absolute Gasteiger partial charge is 0.486 e. The van der Waals surface area contributed by atoms with E-state index < -0.39 is 0 Å². The van der Waals surface area contributed by atoms with Crippen LogP contribution in [-0.2, 0) is 24.4 Å².